The third kappa shape index (κ3) is 3.24. The van der Waals surface area contributed by atoms with Crippen LogP contribution in [-0.2, 0) is 0 Å². The number of hydrogen-bond acceptors (Lipinski definition) is 3. The van der Waals surface area contributed by atoms with Gasteiger partial charge in [0.15, 0.2) is 0 Å². The second-order valence-corrected chi connectivity index (χ2v) is 2.95. The number of carbonyl (C=O) groups excluding carboxylic acids is 1. The summed E-state index contributed by atoms with van der Waals surface area (Å²) in [4.78, 5) is 11.7. The highest BCUT2D eigenvalue weighted by molar-refractivity contribution is 5.97. The van der Waals surface area contributed by atoms with Crippen molar-refractivity contribution < 1.29 is 9.53 Å². The van der Waals surface area contributed by atoms with E-state index in [1.807, 2.05) is 13.0 Å². The fourth-order valence-corrected chi connectivity index (χ4v) is 1.12. The summed E-state index contributed by atoms with van der Waals surface area (Å²) in [6, 6.07) is 6.98. The van der Waals surface area contributed by atoms with Gasteiger partial charge in [0.25, 0.3) is 5.91 Å². The van der Waals surface area contributed by atoms with Gasteiger partial charge in [-0.3, -0.25) is 4.79 Å². The summed E-state index contributed by atoms with van der Waals surface area (Å²) >= 11 is 0. The Morgan fingerprint density at radius 2 is 2.19 bits per heavy atom. The number of nitrogens with one attached hydrogen (secondary N) is 1. The molecule has 0 saturated carbocycles. The van der Waals surface area contributed by atoms with E-state index >= 15 is 0 Å². The van der Waals surface area contributed by atoms with Crippen LogP contribution in [0.5, 0.6) is 5.75 Å². The number of hydrogen-bond donors (Lipinski definition) is 1. The molecule has 0 aliphatic carbocycles. The molecule has 0 aliphatic heterocycles. The molecule has 4 nitrogen and oxygen atoms in total. The summed E-state index contributed by atoms with van der Waals surface area (Å²) in [5.74, 6) is 0.236. The first-order valence-corrected chi connectivity index (χ1v) is 4.87. The van der Waals surface area contributed by atoms with Gasteiger partial charge in [-0.05, 0) is 25.1 Å². The van der Waals surface area contributed by atoms with Crippen LogP contribution >= 0.6 is 0 Å². The first-order chi connectivity index (χ1) is 7.79. The molecule has 16 heavy (non-hydrogen) atoms. The number of benzene rings is 1. The normalized spacial score (nSPS) is 10.9. The predicted octanol–water partition coefficient (Wildman–Crippen LogP) is 1.99. The Labute approximate surface area is 94.6 Å². The van der Waals surface area contributed by atoms with Gasteiger partial charge in [-0.15, -0.1) is 0 Å². The van der Waals surface area contributed by atoms with Crippen LogP contribution in [-0.4, -0.2) is 19.2 Å². The van der Waals surface area contributed by atoms with Gasteiger partial charge in [-0.1, -0.05) is 18.2 Å². The van der Waals surface area contributed by atoms with Crippen molar-refractivity contribution in [1.29, 1.82) is 0 Å². The van der Waals surface area contributed by atoms with Crippen molar-refractivity contribution in [3.8, 4) is 5.75 Å². The summed E-state index contributed by atoms with van der Waals surface area (Å²) in [7, 11) is 1.52. The van der Waals surface area contributed by atoms with Gasteiger partial charge in [-0.25, -0.2) is 5.43 Å². The Bertz CT molecular complexity index is 411. The molecule has 1 rings (SSSR count). The molecule has 84 valence electrons. The minimum atomic E-state index is -0.293. The van der Waals surface area contributed by atoms with Crippen LogP contribution < -0.4 is 10.2 Å². The maximum atomic E-state index is 11.7. The molecule has 0 heterocycles. The van der Waals surface area contributed by atoms with Crippen molar-refractivity contribution >= 4 is 12.1 Å². The van der Waals surface area contributed by atoms with E-state index in [0.29, 0.717) is 11.3 Å². The number of nitrogens with zero attached hydrogens (tertiary/aromatic N) is 1. The third-order valence-corrected chi connectivity index (χ3v) is 1.87. The molecule has 0 bridgehead atoms. The summed E-state index contributed by atoms with van der Waals surface area (Å²) < 4.78 is 5.07. The van der Waals surface area contributed by atoms with Crippen LogP contribution in [0.25, 0.3) is 0 Å². The second-order valence-electron chi connectivity index (χ2n) is 2.95. The zero-order valence-electron chi connectivity index (χ0n) is 9.31. The highest BCUT2D eigenvalue weighted by Crippen LogP contribution is 2.16. The molecular weight excluding hydrogens is 204 g/mol. The first-order valence-electron chi connectivity index (χ1n) is 4.87. The minimum absolute atomic E-state index is 0.293. The zero-order chi connectivity index (χ0) is 11.8. The lowest BCUT2D eigenvalue weighted by molar-refractivity contribution is 0.0952. The topological polar surface area (TPSA) is 50.7 Å². The lowest BCUT2D eigenvalue weighted by atomic mass is 10.2. The fraction of sp³-hybridized carbons (Fsp3) is 0.167. The third-order valence-electron chi connectivity index (χ3n) is 1.87. The molecule has 0 unspecified atom stereocenters. The molecule has 0 spiro atoms. The summed E-state index contributed by atoms with van der Waals surface area (Å²) in [5, 5.41) is 3.75. The van der Waals surface area contributed by atoms with Crippen molar-refractivity contribution in [3.63, 3.8) is 0 Å². The smallest absolute Gasteiger partial charge is 0.275 e. The van der Waals surface area contributed by atoms with E-state index in [2.05, 4.69) is 10.5 Å². The average molecular weight is 218 g/mol. The molecular formula is C12H14N2O2. The quantitative estimate of drug-likeness (QED) is 0.620. The molecule has 0 radical (unpaired) electrons. The van der Waals surface area contributed by atoms with Gasteiger partial charge < -0.3 is 4.74 Å². The van der Waals surface area contributed by atoms with Crippen LogP contribution in [0.4, 0.5) is 0 Å². The van der Waals surface area contributed by atoms with E-state index < -0.39 is 0 Å². The van der Waals surface area contributed by atoms with Crippen LogP contribution in [0, 0.1) is 0 Å². The summed E-state index contributed by atoms with van der Waals surface area (Å²) in [6.45, 7) is 1.87. The Balaban J connectivity index is 2.72. The van der Waals surface area contributed by atoms with Crippen molar-refractivity contribution in [2.45, 2.75) is 6.92 Å². The second kappa shape index (κ2) is 6.40. The molecule has 0 aliphatic rings. The van der Waals surface area contributed by atoms with E-state index in [-0.39, 0.29) is 5.91 Å². The number of rotatable bonds is 4. The van der Waals surface area contributed by atoms with E-state index in [1.165, 1.54) is 13.3 Å². The SMILES string of the molecule is CC=CC=NNC(=O)c1ccccc1OC. The van der Waals surface area contributed by atoms with Crippen LogP contribution in [0.3, 0.4) is 0 Å². The largest absolute Gasteiger partial charge is 0.496 e. The molecule has 0 atom stereocenters. The zero-order valence-corrected chi connectivity index (χ0v) is 9.31. The van der Waals surface area contributed by atoms with E-state index in [1.54, 1.807) is 30.3 Å². The number of para-hydroxylation sites is 1. The van der Waals surface area contributed by atoms with Crippen LogP contribution in [0.15, 0.2) is 41.5 Å². The van der Waals surface area contributed by atoms with Crippen molar-refractivity contribution in [3.05, 3.63) is 42.0 Å². The molecule has 1 amide bonds. The first kappa shape index (κ1) is 12.0. The molecule has 0 aromatic heterocycles. The van der Waals surface area contributed by atoms with Gasteiger partial charge in [0, 0.05) is 6.21 Å². The van der Waals surface area contributed by atoms with Gasteiger partial charge in [0.2, 0.25) is 0 Å². The van der Waals surface area contributed by atoms with Crippen molar-refractivity contribution in [1.82, 2.24) is 5.43 Å². The minimum Gasteiger partial charge on any atom is -0.496 e. The van der Waals surface area contributed by atoms with Crippen molar-refractivity contribution in [2.24, 2.45) is 5.10 Å². The van der Waals surface area contributed by atoms with E-state index in [0.717, 1.165) is 0 Å². The van der Waals surface area contributed by atoms with Gasteiger partial charge in [0.05, 0.1) is 12.7 Å². The Morgan fingerprint density at radius 3 is 2.88 bits per heavy atom. The maximum absolute atomic E-state index is 11.7. The molecule has 0 saturated heterocycles. The molecule has 1 aromatic carbocycles. The Hall–Kier alpha value is -2.10. The standard InChI is InChI=1S/C12H14N2O2/c1-3-4-9-13-14-12(15)10-7-5-6-8-11(10)16-2/h3-9H,1-2H3,(H,14,15). The highest BCUT2D eigenvalue weighted by atomic mass is 16.5. The molecule has 4 heteroatoms. The van der Waals surface area contributed by atoms with Crippen LogP contribution in [0.1, 0.15) is 17.3 Å². The number of methoxy groups -OCH3 is 1. The predicted molar refractivity (Wildman–Crippen MR) is 63.8 cm³/mol. The van der Waals surface area contributed by atoms with Crippen molar-refractivity contribution in [2.75, 3.05) is 7.11 Å². The number of hydrazone groups is 1. The lowest BCUT2D eigenvalue weighted by Gasteiger charge is -2.05. The van der Waals surface area contributed by atoms with Gasteiger partial charge in [-0.2, -0.15) is 5.10 Å². The number of amides is 1. The summed E-state index contributed by atoms with van der Waals surface area (Å²) in [5.41, 5.74) is 2.87. The fourth-order valence-electron chi connectivity index (χ4n) is 1.12. The number of ether oxygens (including phenoxy) is 1. The van der Waals surface area contributed by atoms with Crippen LogP contribution in [0.2, 0.25) is 0 Å². The van der Waals surface area contributed by atoms with Gasteiger partial charge in [0.1, 0.15) is 5.75 Å². The van der Waals surface area contributed by atoms with E-state index in [4.69, 9.17) is 4.74 Å². The number of carbonyl (C=O) groups is 1. The highest BCUT2D eigenvalue weighted by Gasteiger charge is 2.09. The van der Waals surface area contributed by atoms with Gasteiger partial charge >= 0.3 is 0 Å². The Morgan fingerprint density at radius 1 is 1.44 bits per heavy atom. The molecule has 0 fully saturated rings. The monoisotopic (exact) mass is 218 g/mol. The number of allylic oxidation sites excluding steroid dienone is 2. The summed E-state index contributed by atoms with van der Waals surface area (Å²) in [6.07, 6.45) is 5.05. The molecule has 1 N–H and O–H groups in total. The average Bonchev–Trinajstić information content (AvgIpc) is 2.34. The van der Waals surface area contributed by atoms with E-state index in [9.17, 15) is 4.79 Å². The lowest BCUT2D eigenvalue weighted by Crippen LogP contribution is -2.18. The maximum Gasteiger partial charge on any atom is 0.275 e. The molecule has 1 aromatic rings. The Kier molecular flexibility index (Phi) is 4.79.